The maximum absolute atomic E-state index is 2.37. The van der Waals surface area contributed by atoms with Crippen molar-refractivity contribution in [1.29, 1.82) is 0 Å². The van der Waals surface area contributed by atoms with E-state index in [1.54, 1.807) is 0 Å². The normalized spacial score (nSPS) is 12.0. The summed E-state index contributed by atoms with van der Waals surface area (Å²) in [7, 11) is 0. The Balaban J connectivity index is 0.805. The highest BCUT2D eigenvalue weighted by atomic mass is 14.2. The molecule has 0 bridgehead atoms. The maximum Gasteiger partial charge on any atom is -0.00203 e. The van der Waals surface area contributed by atoms with Gasteiger partial charge in [0.25, 0.3) is 0 Å². The first-order valence-corrected chi connectivity index (χ1v) is 24.4. The van der Waals surface area contributed by atoms with E-state index >= 15 is 0 Å². The lowest BCUT2D eigenvalue weighted by Crippen LogP contribution is -1.90. The number of hydrogen-bond acceptors (Lipinski definition) is 0. The van der Waals surface area contributed by atoms with Gasteiger partial charge in [-0.25, -0.2) is 0 Å². The van der Waals surface area contributed by atoms with Crippen LogP contribution in [0.3, 0.4) is 0 Å². The zero-order chi connectivity index (χ0) is 45.9. The first-order valence-electron chi connectivity index (χ1n) is 24.4. The minimum atomic E-state index is 1.20. The molecule has 0 nitrogen and oxygen atoms in total. The van der Waals surface area contributed by atoms with Gasteiger partial charge in [-0.05, 0) is 171 Å². The Bertz CT molecular complexity index is 4290. The number of benzene rings is 15. The molecule has 0 fully saturated rings. The molecule has 0 atom stereocenters. The zero-order valence-electron chi connectivity index (χ0n) is 38.2. The molecule has 0 saturated heterocycles. The van der Waals surface area contributed by atoms with Crippen molar-refractivity contribution in [2.75, 3.05) is 0 Å². The Labute approximate surface area is 405 Å². The molecule has 15 aromatic rings. The molecule has 15 aromatic carbocycles. The summed E-state index contributed by atoms with van der Waals surface area (Å²) in [6.07, 6.45) is 0. The molecule has 0 saturated carbocycles. The van der Waals surface area contributed by atoms with E-state index in [2.05, 4.69) is 255 Å². The van der Waals surface area contributed by atoms with Gasteiger partial charge in [-0.15, -0.1) is 0 Å². The average molecular weight is 883 g/mol. The Morgan fingerprint density at radius 2 is 0.414 bits per heavy atom. The lowest BCUT2D eigenvalue weighted by molar-refractivity contribution is 1.58. The van der Waals surface area contributed by atoms with E-state index in [1.807, 2.05) is 0 Å². The highest BCUT2D eigenvalue weighted by Gasteiger charge is 2.19. The van der Waals surface area contributed by atoms with E-state index in [0.29, 0.717) is 0 Å². The van der Waals surface area contributed by atoms with Gasteiger partial charge in [-0.2, -0.15) is 0 Å². The van der Waals surface area contributed by atoms with Crippen molar-refractivity contribution in [3.63, 3.8) is 0 Å². The Morgan fingerprint density at radius 3 is 0.814 bits per heavy atom. The van der Waals surface area contributed by atoms with E-state index in [1.165, 1.54) is 153 Å². The van der Waals surface area contributed by atoms with Crippen LogP contribution in [-0.4, -0.2) is 0 Å². The summed E-state index contributed by atoms with van der Waals surface area (Å²) in [5.41, 5.74) is 14.8. The fourth-order valence-corrected chi connectivity index (χ4v) is 12.1. The second kappa shape index (κ2) is 15.2. The van der Waals surface area contributed by atoms with E-state index in [9.17, 15) is 0 Å². The van der Waals surface area contributed by atoms with Crippen LogP contribution in [0.25, 0.3) is 153 Å². The van der Waals surface area contributed by atoms with Gasteiger partial charge in [-0.3, -0.25) is 0 Å². The van der Waals surface area contributed by atoms with Crippen molar-refractivity contribution in [3.05, 3.63) is 255 Å². The van der Waals surface area contributed by atoms with Crippen molar-refractivity contribution in [2.45, 2.75) is 0 Å². The molecule has 0 amide bonds. The molecule has 70 heavy (non-hydrogen) atoms. The molecule has 15 rings (SSSR count). The molecule has 0 heterocycles. The fourth-order valence-electron chi connectivity index (χ4n) is 12.1. The van der Waals surface area contributed by atoms with Crippen LogP contribution in [0.4, 0.5) is 0 Å². The van der Waals surface area contributed by atoms with E-state index in [4.69, 9.17) is 0 Å². The first kappa shape index (κ1) is 38.9. The van der Waals surface area contributed by atoms with Crippen LogP contribution in [0.15, 0.2) is 255 Å². The predicted octanol–water partition coefficient (Wildman–Crippen LogP) is 19.8. The smallest absolute Gasteiger partial charge is 0.00203 e. The third kappa shape index (κ3) is 5.90. The molecule has 0 unspecified atom stereocenters. The SMILES string of the molecule is c1cc(-c2cccc(-c3ccc4ccc5c(-c6cccc7ccccc67)ccc6ccc3c4c65)c2)cc(-c2cccc(-c3ccc4ccc5c(-c6cccc7ccccc67)ccc6ccc3c4c65)c2)c1. The third-order valence-corrected chi connectivity index (χ3v) is 15.4. The van der Waals surface area contributed by atoms with E-state index in [-0.39, 0.29) is 0 Å². The topological polar surface area (TPSA) is 0 Å². The minimum absolute atomic E-state index is 1.20. The monoisotopic (exact) mass is 882 g/mol. The van der Waals surface area contributed by atoms with Crippen LogP contribution in [0.5, 0.6) is 0 Å². The number of hydrogen-bond donors (Lipinski definition) is 0. The highest BCUT2D eigenvalue weighted by molar-refractivity contribution is 6.29. The van der Waals surface area contributed by atoms with E-state index in [0.717, 1.165) is 0 Å². The molecular formula is C70H42. The molecule has 0 spiro atoms. The fraction of sp³-hybridized carbons (Fsp3) is 0. The highest BCUT2D eigenvalue weighted by Crippen LogP contribution is 2.46. The minimum Gasteiger partial charge on any atom is -0.0616 e. The molecule has 0 radical (unpaired) electrons. The Morgan fingerprint density at radius 1 is 0.143 bits per heavy atom. The van der Waals surface area contributed by atoms with Gasteiger partial charge in [0.15, 0.2) is 0 Å². The largest absolute Gasteiger partial charge is 0.0616 e. The lowest BCUT2D eigenvalue weighted by Gasteiger charge is -2.18. The number of rotatable bonds is 6. The van der Waals surface area contributed by atoms with Crippen LogP contribution in [0.2, 0.25) is 0 Å². The van der Waals surface area contributed by atoms with Gasteiger partial charge in [0.1, 0.15) is 0 Å². The zero-order valence-corrected chi connectivity index (χ0v) is 38.2. The van der Waals surface area contributed by atoms with Gasteiger partial charge in [-0.1, -0.05) is 237 Å². The standard InChI is InChI=1S/C70H42/c1-3-20-55-43(10-1)12-8-22-59(55)61-34-26-47-28-36-63-57(32-24-45-30-38-65(61)69(47)67(45)63)53-18-6-16-51(41-53)49-14-5-15-50(40-49)52-17-7-19-54(42-52)58-33-25-46-31-39-66-62(35-27-48-29-37-64(58)68(46)70(48)66)60-23-9-13-44-11-2-4-21-56(44)60/h1-42H. The molecule has 0 N–H and O–H groups in total. The molecule has 322 valence electrons. The molecule has 0 aliphatic carbocycles. The van der Waals surface area contributed by atoms with Crippen molar-refractivity contribution in [3.8, 4) is 66.8 Å². The molecule has 0 aliphatic rings. The molecule has 0 aromatic heterocycles. The third-order valence-electron chi connectivity index (χ3n) is 15.4. The van der Waals surface area contributed by atoms with Crippen molar-refractivity contribution in [1.82, 2.24) is 0 Å². The first-order chi connectivity index (χ1) is 34.7. The second-order valence-corrected chi connectivity index (χ2v) is 19.1. The average Bonchev–Trinajstić information content (AvgIpc) is 3.43. The summed E-state index contributed by atoms with van der Waals surface area (Å²) < 4.78 is 0. The van der Waals surface area contributed by atoms with Crippen molar-refractivity contribution < 1.29 is 0 Å². The summed E-state index contributed by atoms with van der Waals surface area (Å²) in [6, 6.07) is 95.2. The van der Waals surface area contributed by atoms with E-state index < -0.39 is 0 Å². The van der Waals surface area contributed by atoms with Crippen LogP contribution < -0.4 is 0 Å². The summed E-state index contributed by atoms with van der Waals surface area (Å²) >= 11 is 0. The van der Waals surface area contributed by atoms with Gasteiger partial charge in [0, 0.05) is 0 Å². The van der Waals surface area contributed by atoms with Crippen LogP contribution in [0, 0.1) is 0 Å². The van der Waals surface area contributed by atoms with Gasteiger partial charge >= 0.3 is 0 Å². The molecular weight excluding hydrogens is 841 g/mol. The lowest BCUT2D eigenvalue weighted by atomic mass is 9.86. The van der Waals surface area contributed by atoms with Gasteiger partial charge in [0.2, 0.25) is 0 Å². The quantitative estimate of drug-likeness (QED) is 0.146. The van der Waals surface area contributed by atoms with Crippen LogP contribution in [0.1, 0.15) is 0 Å². The predicted molar refractivity (Wildman–Crippen MR) is 301 cm³/mol. The van der Waals surface area contributed by atoms with Crippen molar-refractivity contribution >= 4 is 86.2 Å². The maximum atomic E-state index is 2.37. The summed E-state index contributed by atoms with van der Waals surface area (Å²) in [5.74, 6) is 0. The summed E-state index contributed by atoms with van der Waals surface area (Å²) in [5, 5.41) is 20.7. The van der Waals surface area contributed by atoms with Gasteiger partial charge in [0.05, 0.1) is 0 Å². The summed E-state index contributed by atoms with van der Waals surface area (Å²) in [4.78, 5) is 0. The van der Waals surface area contributed by atoms with Crippen LogP contribution in [-0.2, 0) is 0 Å². The molecule has 0 heteroatoms. The van der Waals surface area contributed by atoms with Crippen molar-refractivity contribution in [2.24, 2.45) is 0 Å². The Hall–Kier alpha value is -9.10. The Kier molecular flexibility index (Phi) is 8.46. The van der Waals surface area contributed by atoms with Gasteiger partial charge < -0.3 is 0 Å². The summed E-state index contributed by atoms with van der Waals surface area (Å²) in [6.45, 7) is 0. The second-order valence-electron chi connectivity index (χ2n) is 19.1. The molecule has 0 aliphatic heterocycles. The van der Waals surface area contributed by atoms with Crippen LogP contribution >= 0.6 is 0 Å². The number of fused-ring (bicyclic) bond motifs is 2.